The molecular formula is C55H68N8O9S. The number of anilines is 2. The molecule has 18 heteroatoms. The van der Waals surface area contributed by atoms with E-state index in [4.69, 9.17) is 19.2 Å². The summed E-state index contributed by atoms with van der Waals surface area (Å²) in [5.41, 5.74) is 3.41. The van der Waals surface area contributed by atoms with Crippen LogP contribution in [-0.2, 0) is 10.0 Å². The molecule has 17 nitrogen and oxygen atoms in total. The Labute approximate surface area is 427 Å². The number of piperidine rings is 1. The van der Waals surface area contributed by atoms with E-state index in [1.807, 2.05) is 19.1 Å². The van der Waals surface area contributed by atoms with Crippen LogP contribution < -0.4 is 29.1 Å². The summed E-state index contributed by atoms with van der Waals surface area (Å²) in [6, 6.07) is 20.7. The van der Waals surface area contributed by atoms with Crippen LogP contribution in [0.25, 0.3) is 11.0 Å². The van der Waals surface area contributed by atoms with Crippen LogP contribution in [0.15, 0.2) is 77.8 Å². The predicted molar refractivity (Wildman–Crippen MR) is 279 cm³/mol. The van der Waals surface area contributed by atoms with E-state index in [-0.39, 0.29) is 58.4 Å². The van der Waals surface area contributed by atoms with Gasteiger partial charge in [0.15, 0.2) is 17.2 Å². The number of aliphatic hydroxyl groups is 1. The SMILES string of the molecule is CC(C)c1ccccc1[C@H]1CCCN1C1CC2(CCN(c3ccc(C(=O)NS(=O)(=O)c4cc5c(c([N+](=O)[O-])c4)N[C@@H](C4CCC(C)(O)CC4)CO5)c(Oc4cc5cc[nH]c5nc4OCCN4CCC4)c3)CC2)C1. The zero-order valence-electron chi connectivity index (χ0n) is 42.1. The fourth-order valence-electron chi connectivity index (χ4n) is 12.5. The minimum absolute atomic E-state index is 0.00266. The predicted octanol–water partition coefficient (Wildman–Crippen LogP) is 9.29. The number of carbonyl (C=O) groups excluding carboxylic acids is 1. The van der Waals surface area contributed by atoms with Gasteiger partial charge in [-0.15, -0.1) is 0 Å². The lowest BCUT2D eigenvalue weighted by molar-refractivity contribution is -0.384. The van der Waals surface area contributed by atoms with Crippen molar-refractivity contribution < 1.29 is 37.5 Å². The lowest BCUT2D eigenvalue weighted by Gasteiger charge is -2.56. The molecule has 4 N–H and O–H groups in total. The monoisotopic (exact) mass is 1020 g/mol. The Morgan fingerprint density at radius 1 is 0.973 bits per heavy atom. The van der Waals surface area contributed by atoms with Gasteiger partial charge in [-0.1, -0.05) is 38.1 Å². The highest BCUT2D eigenvalue weighted by Gasteiger charge is 2.50. The highest BCUT2D eigenvalue weighted by Crippen LogP contribution is 2.54. The number of aromatic nitrogens is 2. The second-order valence-corrected chi connectivity index (χ2v) is 23.8. The number of fused-ring (bicyclic) bond motifs is 2. The zero-order valence-corrected chi connectivity index (χ0v) is 42.9. The van der Waals surface area contributed by atoms with Crippen molar-refractivity contribution in [3.8, 4) is 23.1 Å². The van der Waals surface area contributed by atoms with Gasteiger partial charge in [-0.25, -0.2) is 13.1 Å². The second kappa shape index (κ2) is 19.7. The molecule has 2 aromatic heterocycles. The summed E-state index contributed by atoms with van der Waals surface area (Å²) in [6.07, 6.45) is 12.4. The van der Waals surface area contributed by atoms with Crippen molar-refractivity contribution in [2.24, 2.45) is 11.3 Å². The first-order valence-corrected chi connectivity index (χ1v) is 27.9. The molecule has 0 bridgehead atoms. The topological polar surface area (TPSA) is 205 Å². The fourth-order valence-corrected chi connectivity index (χ4v) is 13.5. The molecule has 3 aromatic carbocycles. The Hall–Kier alpha value is -5.95. The number of H-pyrrole nitrogens is 1. The molecule has 388 valence electrons. The molecule has 0 radical (unpaired) electrons. The minimum atomic E-state index is -4.71. The maximum absolute atomic E-state index is 14.4. The number of nitrogens with one attached hydrogen (secondary N) is 3. The van der Waals surface area contributed by atoms with Crippen molar-refractivity contribution in [1.29, 1.82) is 0 Å². The van der Waals surface area contributed by atoms with Crippen molar-refractivity contribution in [2.45, 2.75) is 126 Å². The molecule has 6 aliphatic rings. The molecule has 0 unspecified atom stereocenters. The van der Waals surface area contributed by atoms with E-state index in [1.165, 1.54) is 42.9 Å². The first-order valence-electron chi connectivity index (χ1n) is 26.4. The fraction of sp³-hybridized carbons (Fsp3) is 0.527. The maximum Gasteiger partial charge on any atom is 0.297 e. The number of sulfonamides is 1. The van der Waals surface area contributed by atoms with E-state index in [0.717, 1.165) is 69.1 Å². The van der Waals surface area contributed by atoms with Gasteiger partial charge in [0.2, 0.25) is 0 Å². The molecule has 2 aliphatic carbocycles. The maximum atomic E-state index is 14.4. The summed E-state index contributed by atoms with van der Waals surface area (Å²) < 4.78 is 49.5. The summed E-state index contributed by atoms with van der Waals surface area (Å²) in [5, 5.41) is 27.0. The van der Waals surface area contributed by atoms with Crippen LogP contribution in [0.1, 0.15) is 125 Å². The second-order valence-electron chi connectivity index (χ2n) is 22.2. The Kier molecular flexibility index (Phi) is 13.3. The molecule has 6 heterocycles. The van der Waals surface area contributed by atoms with Crippen molar-refractivity contribution in [3.63, 3.8) is 0 Å². The van der Waals surface area contributed by atoms with E-state index in [0.29, 0.717) is 62.5 Å². The number of nitro groups is 1. The summed E-state index contributed by atoms with van der Waals surface area (Å²) in [6.45, 7) is 12.4. The Morgan fingerprint density at radius 2 is 1.75 bits per heavy atom. The minimum Gasteiger partial charge on any atom is -0.489 e. The van der Waals surface area contributed by atoms with Gasteiger partial charge in [0, 0.05) is 67.2 Å². The highest BCUT2D eigenvalue weighted by atomic mass is 32.2. The van der Waals surface area contributed by atoms with Crippen LogP contribution >= 0.6 is 0 Å². The summed E-state index contributed by atoms with van der Waals surface area (Å²) in [4.78, 5) is 41.1. The third-order valence-corrected chi connectivity index (χ3v) is 18.3. The van der Waals surface area contributed by atoms with Gasteiger partial charge < -0.3 is 34.5 Å². The van der Waals surface area contributed by atoms with Crippen LogP contribution in [0, 0.1) is 21.4 Å². The van der Waals surface area contributed by atoms with Gasteiger partial charge in [0.25, 0.3) is 27.5 Å². The normalized spacial score (nSPS) is 24.3. The molecule has 2 saturated carbocycles. The average Bonchev–Trinajstić information content (AvgIpc) is 4.03. The van der Waals surface area contributed by atoms with E-state index >= 15 is 0 Å². The van der Waals surface area contributed by atoms with Gasteiger partial charge in [0.1, 0.15) is 24.6 Å². The van der Waals surface area contributed by atoms with Crippen molar-refractivity contribution in [1.82, 2.24) is 24.5 Å². The molecule has 3 saturated heterocycles. The average molecular weight is 1020 g/mol. The van der Waals surface area contributed by atoms with Gasteiger partial charge in [-0.2, -0.15) is 4.98 Å². The number of benzene rings is 3. The van der Waals surface area contributed by atoms with Crippen LogP contribution in [0.2, 0.25) is 0 Å². The summed E-state index contributed by atoms with van der Waals surface area (Å²) >= 11 is 0. The number of hydrogen-bond donors (Lipinski definition) is 4. The quantitative estimate of drug-likeness (QED) is 0.0570. The van der Waals surface area contributed by atoms with Crippen LogP contribution in [-0.4, -0.2) is 114 Å². The number of rotatable bonds is 15. The van der Waals surface area contributed by atoms with E-state index in [2.05, 4.69) is 67.8 Å². The Morgan fingerprint density at radius 3 is 2.49 bits per heavy atom. The largest absolute Gasteiger partial charge is 0.489 e. The zero-order chi connectivity index (χ0) is 50.6. The number of likely N-dealkylation sites (tertiary alicyclic amines) is 2. The molecule has 11 rings (SSSR count). The lowest BCUT2D eigenvalue weighted by Crippen LogP contribution is -2.54. The summed E-state index contributed by atoms with van der Waals surface area (Å²) in [5.74, 6) is 0.165. The smallest absolute Gasteiger partial charge is 0.297 e. The Bertz CT molecular complexity index is 2990. The Balaban J connectivity index is 0.837. The molecule has 5 aromatic rings. The lowest BCUT2D eigenvalue weighted by atomic mass is 9.59. The molecule has 1 amide bonds. The van der Waals surface area contributed by atoms with E-state index < -0.39 is 37.0 Å². The number of ether oxygens (including phenoxy) is 3. The number of nitrogens with zero attached hydrogens (tertiary/aromatic N) is 5. The highest BCUT2D eigenvalue weighted by molar-refractivity contribution is 7.90. The number of pyridine rings is 1. The van der Waals surface area contributed by atoms with Crippen molar-refractivity contribution in [2.75, 3.05) is 62.7 Å². The summed E-state index contributed by atoms with van der Waals surface area (Å²) in [7, 11) is -4.71. The van der Waals surface area contributed by atoms with Crippen molar-refractivity contribution in [3.05, 3.63) is 99.7 Å². The number of nitro benzene ring substituents is 1. The molecule has 5 fully saturated rings. The van der Waals surface area contributed by atoms with Crippen LogP contribution in [0.5, 0.6) is 23.1 Å². The van der Waals surface area contributed by atoms with Gasteiger partial charge in [0.05, 0.1) is 27.0 Å². The van der Waals surface area contributed by atoms with Crippen LogP contribution in [0.3, 0.4) is 0 Å². The standard InChI is InChI=1S/C55H68N8O9S/c1-35(2)41-8-4-5-9-42(41)45-10-6-23-62(45)39-32-55(33-39)18-24-61(25-19-55)38-11-12-43(47(29-38)72-49-28-37-15-20-56-51(37)58-53(49)70-27-26-60-21-7-22-60)52(64)59-73(68,69)40-30-46(63(66)67)50-48(31-40)71-34-44(57-50)36-13-16-54(3,65)17-14-36/h4-5,8-9,11-12,15,20,28-31,35-36,39,44-45,57,65H,6-7,10,13-14,16-19,21-27,32-34H2,1-3H3,(H,56,58)(H,59,64)/t36?,44-,45-,54?/m1/s1. The number of aromatic amines is 1. The first-order chi connectivity index (χ1) is 35.1. The molecule has 73 heavy (non-hydrogen) atoms. The molecular weight excluding hydrogens is 949 g/mol. The number of amides is 1. The molecule has 4 aliphatic heterocycles. The van der Waals surface area contributed by atoms with Gasteiger partial charge in [-0.3, -0.25) is 24.7 Å². The molecule has 2 atom stereocenters. The third-order valence-electron chi connectivity index (χ3n) is 17.0. The van der Waals surface area contributed by atoms with Crippen LogP contribution in [0.4, 0.5) is 17.1 Å². The van der Waals surface area contributed by atoms with E-state index in [1.54, 1.807) is 24.4 Å². The van der Waals surface area contributed by atoms with Gasteiger partial charge in [-0.05, 0) is 150 Å². The van der Waals surface area contributed by atoms with Crippen molar-refractivity contribution >= 4 is 44.0 Å². The number of hydrogen-bond acceptors (Lipinski definition) is 14. The number of carbonyl (C=O) groups is 1. The van der Waals surface area contributed by atoms with E-state index in [9.17, 15) is 28.4 Å². The molecule has 1 spiro atoms. The first kappa shape index (κ1) is 49.3. The third kappa shape index (κ3) is 10.1. The van der Waals surface area contributed by atoms with Gasteiger partial charge >= 0.3 is 0 Å².